The normalized spacial score (nSPS) is 18.4. The van der Waals surface area contributed by atoms with Crippen molar-refractivity contribution in [3.05, 3.63) is 0 Å². The zero-order chi connectivity index (χ0) is 12.5. The summed E-state index contributed by atoms with van der Waals surface area (Å²) in [5.74, 6) is 0.352. The van der Waals surface area contributed by atoms with Crippen LogP contribution in [0.4, 0.5) is 0 Å². The number of nitrogens with one attached hydrogen (secondary N) is 2. The van der Waals surface area contributed by atoms with Crippen LogP contribution in [0.15, 0.2) is 0 Å². The number of hydrogen-bond donors (Lipinski definition) is 2. The minimum Gasteiger partial charge on any atom is -0.383 e. The standard InChI is InChI=1S/C12H25N3O2.2ClH/c1-15(8-9-17-2)7-6-14-12(16)11-4-3-5-13-10-11;;/h11,13H,3-10H2,1-2H3,(H,14,16);2*1H/t11-;;/m1../s1. The Morgan fingerprint density at radius 2 is 2.16 bits per heavy atom. The number of rotatable bonds is 7. The highest BCUT2D eigenvalue weighted by molar-refractivity contribution is 5.85. The number of amides is 1. The first-order chi connectivity index (χ1) is 8.24. The van der Waals surface area contributed by atoms with Gasteiger partial charge >= 0.3 is 0 Å². The Morgan fingerprint density at radius 1 is 1.42 bits per heavy atom. The molecule has 0 bridgehead atoms. The second kappa shape index (κ2) is 12.9. The molecule has 1 saturated heterocycles. The van der Waals surface area contributed by atoms with Crippen molar-refractivity contribution < 1.29 is 9.53 Å². The SMILES string of the molecule is COCCN(C)CCNC(=O)[C@@H]1CCCNC1.Cl.Cl. The Balaban J connectivity index is 0. The van der Waals surface area contributed by atoms with E-state index in [1.807, 2.05) is 7.05 Å². The van der Waals surface area contributed by atoms with Crippen LogP contribution in [0.3, 0.4) is 0 Å². The average Bonchev–Trinajstić information content (AvgIpc) is 2.37. The van der Waals surface area contributed by atoms with Gasteiger partial charge in [-0.3, -0.25) is 4.79 Å². The van der Waals surface area contributed by atoms with Gasteiger partial charge in [-0.2, -0.15) is 0 Å². The fraction of sp³-hybridized carbons (Fsp3) is 0.917. The van der Waals surface area contributed by atoms with Crippen LogP contribution < -0.4 is 10.6 Å². The number of hydrogen-bond acceptors (Lipinski definition) is 4. The molecule has 0 unspecified atom stereocenters. The maximum Gasteiger partial charge on any atom is 0.224 e. The van der Waals surface area contributed by atoms with Crippen molar-refractivity contribution in [1.82, 2.24) is 15.5 Å². The fourth-order valence-electron chi connectivity index (χ4n) is 1.95. The van der Waals surface area contributed by atoms with E-state index in [1.165, 1.54) is 0 Å². The predicted octanol–water partition coefficient (Wildman–Crippen LogP) is 0.524. The lowest BCUT2D eigenvalue weighted by Crippen LogP contribution is -2.42. The molecule has 1 rings (SSSR count). The first kappa shape index (κ1) is 21.2. The average molecular weight is 316 g/mol. The summed E-state index contributed by atoms with van der Waals surface area (Å²) < 4.78 is 5.00. The maximum atomic E-state index is 11.8. The maximum absolute atomic E-state index is 11.8. The van der Waals surface area contributed by atoms with Gasteiger partial charge in [0.1, 0.15) is 0 Å². The molecule has 1 heterocycles. The summed E-state index contributed by atoms with van der Waals surface area (Å²) in [6.45, 7) is 5.09. The highest BCUT2D eigenvalue weighted by atomic mass is 35.5. The molecule has 7 heteroatoms. The van der Waals surface area contributed by atoms with Crippen molar-refractivity contribution in [2.45, 2.75) is 12.8 Å². The van der Waals surface area contributed by atoms with Gasteiger partial charge in [0.15, 0.2) is 0 Å². The van der Waals surface area contributed by atoms with Gasteiger partial charge in [-0.1, -0.05) is 0 Å². The van der Waals surface area contributed by atoms with Gasteiger partial charge in [0.2, 0.25) is 5.91 Å². The molecule has 0 aromatic rings. The third-order valence-corrected chi connectivity index (χ3v) is 3.14. The first-order valence-electron chi connectivity index (χ1n) is 6.40. The van der Waals surface area contributed by atoms with Crippen LogP contribution in [0.2, 0.25) is 0 Å². The van der Waals surface area contributed by atoms with Crippen molar-refractivity contribution in [2.24, 2.45) is 5.92 Å². The Labute approximate surface area is 128 Å². The molecule has 1 atom stereocenters. The highest BCUT2D eigenvalue weighted by Crippen LogP contribution is 2.09. The first-order valence-corrected chi connectivity index (χ1v) is 6.40. The quantitative estimate of drug-likeness (QED) is 0.719. The minimum absolute atomic E-state index is 0. The van der Waals surface area contributed by atoms with E-state index in [-0.39, 0.29) is 36.6 Å². The summed E-state index contributed by atoms with van der Waals surface area (Å²) in [5, 5.41) is 6.25. The van der Waals surface area contributed by atoms with Crippen LogP contribution in [-0.4, -0.2) is 64.3 Å². The molecular formula is C12H27Cl2N3O2. The molecule has 0 aromatic heterocycles. The number of carbonyl (C=O) groups excluding carboxylic acids is 1. The van der Waals surface area contributed by atoms with Gasteiger partial charge in [0.05, 0.1) is 12.5 Å². The van der Waals surface area contributed by atoms with Gasteiger partial charge in [-0.05, 0) is 26.4 Å². The molecule has 0 spiro atoms. The molecule has 1 fully saturated rings. The van der Waals surface area contributed by atoms with E-state index in [0.717, 1.165) is 52.2 Å². The number of halogens is 2. The zero-order valence-electron chi connectivity index (χ0n) is 11.8. The molecule has 0 radical (unpaired) electrons. The lowest BCUT2D eigenvalue weighted by Gasteiger charge is -2.22. The number of methoxy groups -OCH3 is 1. The van der Waals surface area contributed by atoms with Gasteiger partial charge < -0.3 is 20.3 Å². The minimum atomic E-state index is 0. The van der Waals surface area contributed by atoms with Gasteiger partial charge in [-0.25, -0.2) is 0 Å². The van der Waals surface area contributed by atoms with Crippen molar-refractivity contribution in [1.29, 1.82) is 0 Å². The topological polar surface area (TPSA) is 53.6 Å². The summed E-state index contributed by atoms with van der Waals surface area (Å²) in [7, 11) is 3.74. The molecule has 2 N–H and O–H groups in total. The lowest BCUT2D eigenvalue weighted by atomic mass is 9.99. The molecule has 5 nitrogen and oxygen atoms in total. The Bertz CT molecular complexity index is 227. The number of likely N-dealkylation sites (N-methyl/N-ethyl adjacent to an activating group) is 1. The Kier molecular flexibility index (Phi) is 14.5. The molecule has 19 heavy (non-hydrogen) atoms. The second-order valence-corrected chi connectivity index (χ2v) is 4.63. The van der Waals surface area contributed by atoms with Crippen molar-refractivity contribution in [2.75, 3.05) is 53.5 Å². The highest BCUT2D eigenvalue weighted by Gasteiger charge is 2.20. The molecule has 0 saturated carbocycles. The predicted molar refractivity (Wildman–Crippen MR) is 82.5 cm³/mol. The summed E-state index contributed by atoms with van der Waals surface area (Å²) in [5.41, 5.74) is 0. The fourth-order valence-corrected chi connectivity index (χ4v) is 1.95. The van der Waals surface area contributed by atoms with Crippen LogP contribution in [0.25, 0.3) is 0 Å². The van der Waals surface area contributed by atoms with Crippen molar-refractivity contribution in [3.8, 4) is 0 Å². The molecular weight excluding hydrogens is 289 g/mol. The smallest absolute Gasteiger partial charge is 0.224 e. The summed E-state index contributed by atoms with van der Waals surface area (Å²) in [6.07, 6.45) is 2.12. The second-order valence-electron chi connectivity index (χ2n) is 4.63. The molecule has 116 valence electrons. The largest absolute Gasteiger partial charge is 0.383 e. The summed E-state index contributed by atoms with van der Waals surface area (Å²) >= 11 is 0. The Hall–Kier alpha value is -0.0700. The number of ether oxygens (including phenoxy) is 1. The zero-order valence-corrected chi connectivity index (χ0v) is 13.4. The Morgan fingerprint density at radius 3 is 2.74 bits per heavy atom. The van der Waals surface area contributed by atoms with Crippen LogP contribution in [-0.2, 0) is 9.53 Å². The van der Waals surface area contributed by atoms with Crippen LogP contribution in [0.5, 0.6) is 0 Å². The molecule has 1 amide bonds. The monoisotopic (exact) mass is 315 g/mol. The van der Waals surface area contributed by atoms with Crippen LogP contribution in [0, 0.1) is 5.92 Å². The third-order valence-electron chi connectivity index (χ3n) is 3.14. The van der Waals surface area contributed by atoms with E-state index in [0.29, 0.717) is 0 Å². The van der Waals surface area contributed by atoms with E-state index < -0.39 is 0 Å². The lowest BCUT2D eigenvalue weighted by molar-refractivity contribution is -0.125. The molecule has 0 aromatic carbocycles. The van der Waals surface area contributed by atoms with Gasteiger partial charge in [0.25, 0.3) is 0 Å². The van der Waals surface area contributed by atoms with Crippen molar-refractivity contribution >= 4 is 30.7 Å². The van der Waals surface area contributed by atoms with Gasteiger partial charge in [-0.15, -0.1) is 24.8 Å². The number of nitrogens with zero attached hydrogens (tertiary/aromatic N) is 1. The van der Waals surface area contributed by atoms with Crippen molar-refractivity contribution in [3.63, 3.8) is 0 Å². The summed E-state index contributed by atoms with van der Waals surface area (Å²) in [6, 6.07) is 0. The molecule has 1 aliphatic heterocycles. The van der Waals surface area contributed by atoms with E-state index in [2.05, 4.69) is 15.5 Å². The number of piperidine rings is 1. The van der Waals surface area contributed by atoms with E-state index in [4.69, 9.17) is 4.74 Å². The van der Waals surface area contributed by atoms with Crippen LogP contribution >= 0.6 is 24.8 Å². The van der Waals surface area contributed by atoms with Gasteiger partial charge in [0, 0.05) is 33.3 Å². The summed E-state index contributed by atoms with van der Waals surface area (Å²) in [4.78, 5) is 14.0. The van der Waals surface area contributed by atoms with Crippen LogP contribution in [0.1, 0.15) is 12.8 Å². The molecule has 1 aliphatic rings. The van der Waals surface area contributed by atoms with E-state index >= 15 is 0 Å². The number of carbonyl (C=O) groups is 1. The van der Waals surface area contributed by atoms with E-state index in [1.54, 1.807) is 7.11 Å². The third kappa shape index (κ3) is 9.46. The van der Waals surface area contributed by atoms with E-state index in [9.17, 15) is 4.79 Å². The molecule has 0 aliphatic carbocycles.